The highest BCUT2D eigenvalue weighted by Gasteiger charge is 2.24. The number of amides is 1. The molecule has 0 atom stereocenters. The molecule has 0 aliphatic carbocycles. The van der Waals surface area contributed by atoms with Gasteiger partial charge in [0.25, 0.3) is 5.91 Å². The Kier molecular flexibility index (Phi) is 5.62. The van der Waals surface area contributed by atoms with Crippen molar-refractivity contribution < 1.29 is 13.9 Å². The van der Waals surface area contributed by atoms with Gasteiger partial charge in [-0.1, -0.05) is 6.07 Å². The molecule has 3 rings (SSSR count). The number of likely N-dealkylation sites (tertiary alicyclic amines) is 1. The van der Waals surface area contributed by atoms with Crippen molar-refractivity contribution in [3.63, 3.8) is 0 Å². The molecule has 0 spiro atoms. The van der Waals surface area contributed by atoms with Gasteiger partial charge in [-0.25, -0.2) is 4.39 Å². The van der Waals surface area contributed by atoms with Crippen LogP contribution in [0.15, 0.2) is 24.3 Å². The summed E-state index contributed by atoms with van der Waals surface area (Å²) in [7, 11) is 0. The Balaban J connectivity index is 1.43. The first-order chi connectivity index (χ1) is 11.2. The van der Waals surface area contributed by atoms with E-state index in [1.807, 2.05) is 4.90 Å². The van der Waals surface area contributed by atoms with Gasteiger partial charge in [0.1, 0.15) is 5.82 Å². The zero-order chi connectivity index (χ0) is 16.1. The summed E-state index contributed by atoms with van der Waals surface area (Å²) < 4.78 is 18.6. The largest absolute Gasteiger partial charge is 0.379 e. The first kappa shape index (κ1) is 16.4. The highest BCUT2D eigenvalue weighted by Crippen LogP contribution is 2.22. The molecule has 126 valence electrons. The van der Waals surface area contributed by atoms with Crippen molar-refractivity contribution in [1.82, 2.24) is 9.80 Å². The van der Waals surface area contributed by atoms with E-state index < -0.39 is 0 Å². The first-order valence-corrected chi connectivity index (χ1v) is 8.57. The van der Waals surface area contributed by atoms with Gasteiger partial charge in [0.15, 0.2) is 0 Å². The number of benzene rings is 1. The molecule has 4 nitrogen and oxygen atoms in total. The lowest BCUT2D eigenvalue weighted by molar-refractivity contribution is 0.0332. The van der Waals surface area contributed by atoms with E-state index in [1.165, 1.54) is 18.6 Å². The minimum Gasteiger partial charge on any atom is -0.379 e. The number of piperidine rings is 1. The summed E-state index contributed by atoms with van der Waals surface area (Å²) in [6.07, 6.45) is 3.29. The maximum Gasteiger partial charge on any atom is 0.253 e. The van der Waals surface area contributed by atoms with Gasteiger partial charge in [-0.3, -0.25) is 9.69 Å². The minimum atomic E-state index is -0.351. The lowest BCUT2D eigenvalue weighted by Crippen LogP contribution is -2.40. The summed E-state index contributed by atoms with van der Waals surface area (Å²) >= 11 is 0. The SMILES string of the molecule is O=C(c1cccc(F)c1)N1CCC(CCN2CCOCC2)CC1. The van der Waals surface area contributed by atoms with E-state index in [2.05, 4.69) is 4.90 Å². The molecule has 2 aliphatic heterocycles. The van der Waals surface area contributed by atoms with E-state index in [-0.39, 0.29) is 11.7 Å². The van der Waals surface area contributed by atoms with Crippen LogP contribution in [0.2, 0.25) is 0 Å². The number of carbonyl (C=O) groups is 1. The Hall–Kier alpha value is -1.46. The number of rotatable bonds is 4. The van der Waals surface area contributed by atoms with Crippen molar-refractivity contribution in [2.24, 2.45) is 5.92 Å². The molecule has 2 heterocycles. The van der Waals surface area contributed by atoms with Crippen LogP contribution < -0.4 is 0 Å². The van der Waals surface area contributed by atoms with Crippen molar-refractivity contribution in [3.05, 3.63) is 35.6 Å². The molecule has 1 aromatic rings. The van der Waals surface area contributed by atoms with E-state index in [1.54, 1.807) is 12.1 Å². The fourth-order valence-corrected chi connectivity index (χ4v) is 3.42. The summed E-state index contributed by atoms with van der Waals surface area (Å²) in [4.78, 5) is 16.7. The number of morpholine rings is 1. The lowest BCUT2D eigenvalue weighted by Gasteiger charge is -2.34. The molecule has 23 heavy (non-hydrogen) atoms. The number of ether oxygens (including phenoxy) is 1. The highest BCUT2D eigenvalue weighted by molar-refractivity contribution is 5.94. The molecule has 2 aliphatic rings. The van der Waals surface area contributed by atoms with E-state index in [9.17, 15) is 9.18 Å². The molecule has 0 aromatic heterocycles. The van der Waals surface area contributed by atoms with Crippen molar-refractivity contribution in [3.8, 4) is 0 Å². The molecule has 0 radical (unpaired) electrons. The summed E-state index contributed by atoms with van der Waals surface area (Å²) in [5.74, 6) is 0.293. The summed E-state index contributed by atoms with van der Waals surface area (Å²) in [6.45, 7) is 6.47. The monoisotopic (exact) mass is 320 g/mol. The van der Waals surface area contributed by atoms with Crippen molar-refractivity contribution in [2.75, 3.05) is 45.9 Å². The van der Waals surface area contributed by atoms with Crippen molar-refractivity contribution in [2.45, 2.75) is 19.3 Å². The zero-order valence-corrected chi connectivity index (χ0v) is 13.5. The number of halogens is 1. The Morgan fingerprint density at radius 3 is 2.61 bits per heavy atom. The van der Waals surface area contributed by atoms with Gasteiger partial charge in [0.2, 0.25) is 0 Å². The fourth-order valence-electron chi connectivity index (χ4n) is 3.42. The molecule has 2 saturated heterocycles. The number of hydrogen-bond acceptors (Lipinski definition) is 3. The lowest BCUT2D eigenvalue weighted by atomic mass is 9.93. The van der Waals surface area contributed by atoms with Gasteiger partial charge in [-0.2, -0.15) is 0 Å². The summed E-state index contributed by atoms with van der Waals surface area (Å²) in [5.41, 5.74) is 0.455. The molecule has 1 aromatic carbocycles. The van der Waals surface area contributed by atoms with Gasteiger partial charge in [0.05, 0.1) is 13.2 Å². The second-order valence-corrected chi connectivity index (χ2v) is 6.49. The van der Waals surface area contributed by atoms with Crippen LogP contribution in [0.1, 0.15) is 29.6 Å². The van der Waals surface area contributed by atoms with Crippen LogP contribution in [0.3, 0.4) is 0 Å². The third-order valence-electron chi connectivity index (χ3n) is 4.93. The Labute approximate surface area is 137 Å². The summed E-state index contributed by atoms with van der Waals surface area (Å²) in [6, 6.07) is 5.98. The average Bonchev–Trinajstić information content (AvgIpc) is 2.61. The third-order valence-corrected chi connectivity index (χ3v) is 4.93. The van der Waals surface area contributed by atoms with Crippen LogP contribution in [0.4, 0.5) is 4.39 Å². The molecular formula is C18H25FN2O2. The smallest absolute Gasteiger partial charge is 0.253 e. The van der Waals surface area contributed by atoms with E-state index >= 15 is 0 Å². The van der Waals surface area contributed by atoms with Gasteiger partial charge in [-0.15, -0.1) is 0 Å². The Morgan fingerprint density at radius 1 is 1.17 bits per heavy atom. The normalized spacial score (nSPS) is 20.7. The second-order valence-electron chi connectivity index (χ2n) is 6.49. The van der Waals surface area contributed by atoms with Crippen LogP contribution in [-0.4, -0.2) is 61.6 Å². The molecular weight excluding hydrogens is 295 g/mol. The Bertz CT molecular complexity index is 524. The molecule has 5 heteroatoms. The van der Waals surface area contributed by atoms with Crippen molar-refractivity contribution in [1.29, 1.82) is 0 Å². The average molecular weight is 320 g/mol. The maximum atomic E-state index is 13.2. The second kappa shape index (κ2) is 7.88. The minimum absolute atomic E-state index is 0.0453. The number of carbonyl (C=O) groups excluding carboxylic acids is 1. The standard InChI is InChI=1S/C18H25FN2O2/c19-17-3-1-2-16(14-17)18(22)21-8-5-15(6-9-21)4-7-20-10-12-23-13-11-20/h1-3,14-15H,4-13H2. The third kappa shape index (κ3) is 4.52. The van der Waals surface area contributed by atoms with Crippen LogP contribution in [0.25, 0.3) is 0 Å². The van der Waals surface area contributed by atoms with Gasteiger partial charge < -0.3 is 9.64 Å². The highest BCUT2D eigenvalue weighted by atomic mass is 19.1. The summed E-state index contributed by atoms with van der Waals surface area (Å²) in [5, 5.41) is 0. The molecule has 0 N–H and O–H groups in total. The predicted molar refractivity (Wildman–Crippen MR) is 86.9 cm³/mol. The van der Waals surface area contributed by atoms with E-state index in [0.717, 1.165) is 58.8 Å². The van der Waals surface area contributed by atoms with E-state index in [0.29, 0.717) is 11.5 Å². The molecule has 0 bridgehead atoms. The molecule has 2 fully saturated rings. The van der Waals surface area contributed by atoms with Crippen LogP contribution >= 0.6 is 0 Å². The van der Waals surface area contributed by atoms with Gasteiger partial charge in [-0.05, 0) is 49.9 Å². The molecule has 0 unspecified atom stereocenters. The van der Waals surface area contributed by atoms with Crippen LogP contribution in [0.5, 0.6) is 0 Å². The number of hydrogen-bond donors (Lipinski definition) is 0. The van der Waals surface area contributed by atoms with E-state index in [4.69, 9.17) is 4.74 Å². The first-order valence-electron chi connectivity index (χ1n) is 8.57. The topological polar surface area (TPSA) is 32.8 Å². The van der Waals surface area contributed by atoms with Crippen molar-refractivity contribution >= 4 is 5.91 Å². The van der Waals surface area contributed by atoms with Crippen LogP contribution in [-0.2, 0) is 4.74 Å². The molecule has 0 saturated carbocycles. The quantitative estimate of drug-likeness (QED) is 0.854. The fraction of sp³-hybridized carbons (Fsp3) is 0.611. The zero-order valence-electron chi connectivity index (χ0n) is 13.5. The van der Waals surface area contributed by atoms with Crippen LogP contribution in [0, 0.1) is 11.7 Å². The predicted octanol–water partition coefficient (Wildman–Crippen LogP) is 2.40. The van der Waals surface area contributed by atoms with Gasteiger partial charge in [0, 0.05) is 31.7 Å². The Morgan fingerprint density at radius 2 is 1.91 bits per heavy atom. The molecule has 1 amide bonds. The number of nitrogens with zero attached hydrogens (tertiary/aromatic N) is 2. The maximum absolute atomic E-state index is 13.2. The van der Waals surface area contributed by atoms with Gasteiger partial charge >= 0.3 is 0 Å².